The van der Waals surface area contributed by atoms with Crippen LogP contribution in [-0.4, -0.2) is 69.2 Å². The maximum Gasteiger partial charge on any atom is 0.222 e. The van der Waals surface area contributed by atoms with E-state index in [1.807, 2.05) is 13.8 Å². The van der Waals surface area contributed by atoms with Crippen LogP contribution in [-0.2, 0) is 19.6 Å². The van der Waals surface area contributed by atoms with Crippen molar-refractivity contribution in [2.45, 2.75) is 20.3 Å². The summed E-state index contributed by atoms with van der Waals surface area (Å²) in [6, 6.07) is 0. The lowest BCUT2D eigenvalue weighted by Crippen LogP contribution is -2.51. The molecular weight excluding hydrogens is 268 g/mol. The molecular formula is C12H24N2O4S. The number of piperazine rings is 1. The van der Waals surface area contributed by atoms with Gasteiger partial charge >= 0.3 is 0 Å². The Kier molecular flexibility index (Phi) is 6.22. The van der Waals surface area contributed by atoms with Crippen LogP contribution in [0.5, 0.6) is 0 Å². The number of carbonyl (C=O) groups is 1. The standard InChI is InChI=1S/C12H24N2O4S/c1-11(2)10-12(15)13-4-6-14(7-5-13)19(16,17)9-8-18-3/h11H,4-10H2,1-3H3. The van der Waals surface area contributed by atoms with Crippen molar-refractivity contribution in [1.82, 2.24) is 9.21 Å². The summed E-state index contributed by atoms with van der Waals surface area (Å²) in [7, 11) is -1.76. The molecule has 0 radical (unpaired) electrons. The van der Waals surface area contributed by atoms with Crippen molar-refractivity contribution in [3.05, 3.63) is 0 Å². The van der Waals surface area contributed by atoms with Gasteiger partial charge in [0, 0.05) is 39.7 Å². The third-order valence-electron chi connectivity index (χ3n) is 3.11. The van der Waals surface area contributed by atoms with E-state index in [9.17, 15) is 13.2 Å². The number of nitrogens with zero attached hydrogens (tertiary/aromatic N) is 2. The molecule has 0 aromatic rings. The number of rotatable bonds is 6. The molecule has 0 aromatic carbocycles. The summed E-state index contributed by atoms with van der Waals surface area (Å²) in [6.07, 6.45) is 0.524. The summed E-state index contributed by atoms with van der Waals surface area (Å²) in [5, 5.41) is 0. The number of amides is 1. The SMILES string of the molecule is COCCS(=O)(=O)N1CCN(C(=O)CC(C)C)CC1. The van der Waals surface area contributed by atoms with Gasteiger partial charge in [-0.1, -0.05) is 13.8 Å². The van der Waals surface area contributed by atoms with E-state index >= 15 is 0 Å². The fourth-order valence-corrected chi connectivity index (χ4v) is 3.37. The molecule has 1 rings (SSSR count). The van der Waals surface area contributed by atoms with Gasteiger partial charge in [0.2, 0.25) is 15.9 Å². The Morgan fingerprint density at radius 2 is 1.79 bits per heavy atom. The summed E-state index contributed by atoms with van der Waals surface area (Å²) in [4.78, 5) is 13.6. The van der Waals surface area contributed by atoms with Gasteiger partial charge in [-0.25, -0.2) is 8.42 Å². The number of ether oxygens (including phenoxy) is 1. The normalized spacial score (nSPS) is 18.0. The molecule has 0 atom stereocenters. The Labute approximate surface area is 115 Å². The number of methoxy groups -OCH3 is 1. The molecule has 1 amide bonds. The zero-order valence-electron chi connectivity index (χ0n) is 12.0. The average molecular weight is 292 g/mol. The quantitative estimate of drug-likeness (QED) is 0.699. The minimum Gasteiger partial charge on any atom is -0.384 e. The molecule has 0 spiro atoms. The molecule has 7 heteroatoms. The van der Waals surface area contributed by atoms with Crippen LogP contribution < -0.4 is 0 Å². The van der Waals surface area contributed by atoms with E-state index in [-0.39, 0.29) is 18.3 Å². The molecule has 0 unspecified atom stereocenters. The Balaban J connectivity index is 2.46. The minimum atomic E-state index is -3.25. The topological polar surface area (TPSA) is 66.9 Å². The second-order valence-corrected chi connectivity index (χ2v) is 7.28. The van der Waals surface area contributed by atoms with E-state index in [4.69, 9.17) is 4.74 Å². The number of hydrogen-bond acceptors (Lipinski definition) is 4. The van der Waals surface area contributed by atoms with Gasteiger partial charge in [-0.3, -0.25) is 4.79 Å². The molecule has 0 aliphatic carbocycles. The molecule has 0 aromatic heterocycles. The van der Waals surface area contributed by atoms with Gasteiger partial charge in [0.1, 0.15) is 0 Å². The van der Waals surface area contributed by atoms with Crippen LogP contribution in [0.3, 0.4) is 0 Å². The van der Waals surface area contributed by atoms with E-state index in [1.165, 1.54) is 11.4 Å². The van der Waals surface area contributed by atoms with Crippen molar-refractivity contribution in [1.29, 1.82) is 0 Å². The predicted molar refractivity (Wildman–Crippen MR) is 73.3 cm³/mol. The predicted octanol–water partition coefficient (Wildman–Crippen LogP) is 0.153. The Bertz CT molecular complexity index is 387. The van der Waals surface area contributed by atoms with E-state index in [0.717, 1.165) is 0 Å². The molecule has 1 fully saturated rings. The summed E-state index contributed by atoms with van der Waals surface area (Å²) >= 11 is 0. The Hall–Kier alpha value is -0.660. The largest absolute Gasteiger partial charge is 0.384 e. The van der Waals surface area contributed by atoms with Crippen molar-refractivity contribution >= 4 is 15.9 Å². The van der Waals surface area contributed by atoms with Crippen molar-refractivity contribution < 1.29 is 17.9 Å². The first-order valence-corrected chi connectivity index (χ1v) is 8.22. The minimum absolute atomic E-state index is 0.00341. The number of sulfonamides is 1. The van der Waals surface area contributed by atoms with Crippen LogP contribution in [0.2, 0.25) is 0 Å². The van der Waals surface area contributed by atoms with Gasteiger partial charge in [0.15, 0.2) is 0 Å². The van der Waals surface area contributed by atoms with Crippen LogP contribution in [0.25, 0.3) is 0 Å². The van der Waals surface area contributed by atoms with Crippen LogP contribution in [0.4, 0.5) is 0 Å². The first kappa shape index (κ1) is 16.4. The van der Waals surface area contributed by atoms with Gasteiger partial charge < -0.3 is 9.64 Å². The van der Waals surface area contributed by atoms with Crippen LogP contribution >= 0.6 is 0 Å². The Morgan fingerprint density at radius 1 is 1.21 bits per heavy atom. The van der Waals surface area contributed by atoms with Gasteiger partial charge in [-0.2, -0.15) is 4.31 Å². The van der Waals surface area contributed by atoms with Crippen LogP contribution in [0.15, 0.2) is 0 Å². The van der Waals surface area contributed by atoms with Crippen LogP contribution in [0.1, 0.15) is 20.3 Å². The molecule has 6 nitrogen and oxygen atoms in total. The lowest BCUT2D eigenvalue weighted by Gasteiger charge is -2.34. The first-order chi connectivity index (χ1) is 8.86. The van der Waals surface area contributed by atoms with E-state index in [1.54, 1.807) is 4.90 Å². The third kappa shape index (κ3) is 5.08. The molecule has 1 heterocycles. The van der Waals surface area contributed by atoms with Crippen molar-refractivity contribution in [2.75, 3.05) is 45.6 Å². The second-order valence-electron chi connectivity index (χ2n) is 5.19. The third-order valence-corrected chi connectivity index (χ3v) is 4.95. The molecule has 0 saturated carbocycles. The van der Waals surface area contributed by atoms with E-state index in [2.05, 4.69) is 0 Å². The lowest BCUT2D eigenvalue weighted by atomic mass is 10.1. The second kappa shape index (κ2) is 7.21. The smallest absolute Gasteiger partial charge is 0.222 e. The number of hydrogen-bond donors (Lipinski definition) is 0. The van der Waals surface area contributed by atoms with Gasteiger partial charge in [0.05, 0.1) is 12.4 Å². The van der Waals surface area contributed by atoms with Gasteiger partial charge in [-0.15, -0.1) is 0 Å². The molecule has 19 heavy (non-hydrogen) atoms. The van der Waals surface area contributed by atoms with Crippen molar-refractivity contribution in [2.24, 2.45) is 5.92 Å². The van der Waals surface area contributed by atoms with Crippen LogP contribution in [0, 0.1) is 5.92 Å². The van der Waals surface area contributed by atoms with Crippen molar-refractivity contribution in [3.63, 3.8) is 0 Å². The molecule has 0 bridgehead atoms. The highest BCUT2D eigenvalue weighted by Crippen LogP contribution is 2.11. The summed E-state index contributed by atoms with van der Waals surface area (Å²) in [5.74, 6) is 0.448. The lowest BCUT2D eigenvalue weighted by molar-refractivity contribution is -0.133. The maximum absolute atomic E-state index is 11.9. The molecule has 1 aliphatic heterocycles. The monoisotopic (exact) mass is 292 g/mol. The van der Waals surface area contributed by atoms with Gasteiger partial charge in [0.25, 0.3) is 0 Å². The molecule has 1 aliphatic rings. The summed E-state index contributed by atoms with van der Waals surface area (Å²) < 4.78 is 30.1. The molecule has 0 N–H and O–H groups in total. The van der Waals surface area contributed by atoms with Crippen molar-refractivity contribution in [3.8, 4) is 0 Å². The Morgan fingerprint density at radius 3 is 2.26 bits per heavy atom. The highest BCUT2D eigenvalue weighted by molar-refractivity contribution is 7.89. The zero-order valence-corrected chi connectivity index (χ0v) is 12.8. The fourth-order valence-electron chi connectivity index (χ4n) is 2.01. The number of carbonyl (C=O) groups excluding carboxylic acids is 1. The fraction of sp³-hybridized carbons (Fsp3) is 0.917. The molecule has 1 saturated heterocycles. The van der Waals surface area contributed by atoms with E-state index in [0.29, 0.717) is 38.5 Å². The first-order valence-electron chi connectivity index (χ1n) is 6.61. The summed E-state index contributed by atoms with van der Waals surface area (Å²) in [6.45, 7) is 5.95. The van der Waals surface area contributed by atoms with E-state index < -0.39 is 10.0 Å². The summed E-state index contributed by atoms with van der Waals surface area (Å²) in [5.41, 5.74) is 0. The zero-order chi connectivity index (χ0) is 14.5. The average Bonchev–Trinajstić information content (AvgIpc) is 2.36. The van der Waals surface area contributed by atoms with Gasteiger partial charge in [-0.05, 0) is 5.92 Å². The maximum atomic E-state index is 11.9. The molecule has 112 valence electrons. The highest BCUT2D eigenvalue weighted by atomic mass is 32.2. The highest BCUT2D eigenvalue weighted by Gasteiger charge is 2.28.